The van der Waals surface area contributed by atoms with E-state index in [1.807, 2.05) is 0 Å². The van der Waals surface area contributed by atoms with E-state index in [0.717, 1.165) is 0 Å². The van der Waals surface area contributed by atoms with Gasteiger partial charge in [0.1, 0.15) is 5.60 Å². The van der Waals surface area contributed by atoms with Crippen molar-refractivity contribution >= 4 is 17.7 Å². The number of rotatable bonds is 6. The highest BCUT2D eigenvalue weighted by molar-refractivity contribution is 5.86. The van der Waals surface area contributed by atoms with Crippen LogP contribution in [0.3, 0.4) is 0 Å². The molecule has 1 rings (SSSR count). The molecule has 2 N–H and O–H groups in total. The van der Waals surface area contributed by atoms with Gasteiger partial charge in [0.15, 0.2) is 18.0 Å². The number of hydrogen-bond donors (Lipinski definition) is 2. The molecule has 0 aliphatic heterocycles. The minimum Gasteiger partial charge on any atom is -0.464 e. The maximum Gasteiger partial charge on any atom is 0.412 e. The zero-order valence-corrected chi connectivity index (χ0v) is 13.9. The second-order valence-electron chi connectivity index (χ2n) is 5.68. The van der Waals surface area contributed by atoms with Crippen molar-refractivity contribution in [3.63, 3.8) is 0 Å². The number of amides is 1. The number of carbonyl (C=O) groups is 2. The van der Waals surface area contributed by atoms with E-state index < -0.39 is 29.9 Å². The minimum absolute atomic E-state index is 0.0317. The van der Waals surface area contributed by atoms with Crippen LogP contribution in [0, 0.1) is 0 Å². The van der Waals surface area contributed by atoms with E-state index in [-0.39, 0.29) is 18.1 Å². The molecule has 0 fully saturated rings. The van der Waals surface area contributed by atoms with Crippen molar-refractivity contribution in [2.45, 2.75) is 45.5 Å². The summed E-state index contributed by atoms with van der Waals surface area (Å²) in [6.07, 6.45) is -2.17. The van der Waals surface area contributed by atoms with Crippen LogP contribution >= 0.6 is 0 Å². The summed E-state index contributed by atoms with van der Waals surface area (Å²) >= 11 is 0. The van der Waals surface area contributed by atoms with E-state index in [0.29, 0.717) is 0 Å². The average molecular weight is 329 g/mol. The molecule has 0 aromatic carbocycles. The summed E-state index contributed by atoms with van der Waals surface area (Å²) in [7, 11) is 1.26. The average Bonchev–Trinajstić information content (AvgIpc) is 2.85. The molecule has 0 radical (unpaired) electrons. The Labute approximate surface area is 134 Å². The number of anilines is 1. The molecule has 23 heavy (non-hydrogen) atoms. The summed E-state index contributed by atoms with van der Waals surface area (Å²) in [5.41, 5.74) is -0.495. The maximum absolute atomic E-state index is 11.8. The number of carbonyl (C=O) groups excluding carboxylic acids is 2. The Morgan fingerprint density at radius 2 is 2.04 bits per heavy atom. The fraction of sp³-hybridized carbons (Fsp3) is 0.600. The predicted molar refractivity (Wildman–Crippen MR) is 81.0 cm³/mol. The van der Waals surface area contributed by atoms with Gasteiger partial charge in [-0.15, -0.1) is 0 Å². The molecular weight excluding hydrogens is 306 g/mol. The molecule has 8 heteroatoms. The first kappa shape index (κ1) is 19.0. The lowest BCUT2D eigenvalue weighted by Crippen LogP contribution is -2.32. The van der Waals surface area contributed by atoms with Gasteiger partial charge in [0.05, 0.1) is 18.6 Å². The lowest BCUT2D eigenvalue weighted by Gasteiger charge is -2.21. The van der Waals surface area contributed by atoms with Crippen LogP contribution < -0.4 is 5.32 Å². The first-order valence-electron chi connectivity index (χ1n) is 7.14. The van der Waals surface area contributed by atoms with E-state index in [4.69, 9.17) is 18.6 Å². The van der Waals surface area contributed by atoms with E-state index in [1.165, 1.54) is 19.4 Å². The molecule has 0 aliphatic rings. The Morgan fingerprint density at radius 3 is 2.57 bits per heavy atom. The summed E-state index contributed by atoms with van der Waals surface area (Å²) in [4.78, 5) is 23.6. The number of aliphatic hydroxyl groups excluding tert-OH is 1. The van der Waals surface area contributed by atoms with Gasteiger partial charge in [-0.25, -0.2) is 9.59 Å². The largest absolute Gasteiger partial charge is 0.464 e. The first-order chi connectivity index (χ1) is 10.7. The molecular formula is C15H23NO7. The summed E-state index contributed by atoms with van der Waals surface area (Å²) in [6.45, 7) is 6.95. The summed E-state index contributed by atoms with van der Waals surface area (Å²) in [5.74, 6) is -0.766. The van der Waals surface area contributed by atoms with Gasteiger partial charge >= 0.3 is 12.1 Å². The van der Waals surface area contributed by atoms with E-state index in [2.05, 4.69) is 5.32 Å². The Balaban J connectivity index is 2.87. The Bertz CT molecular complexity index is 532. The van der Waals surface area contributed by atoms with Crippen molar-refractivity contribution in [3.8, 4) is 0 Å². The quantitative estimate of drug-likeness (QED) is 0.771. The van der Waals surface area contributed by atoms with Crippen molar-refractivity contribution in [3.05, 3.63) is 18.1 Å². The number of furan rings is 1. The summed E-state index contributed by atoms with van der Waals surface area (Å²) in [5, 5.41) is 12.7. The van der Waals surface area contributed by atoms with Gasteiger partial charge in [-0.2, -0.15) is 0 Å². The zero-order valence-electron chi connectivity index (χ0n) is 13.9. The number of nitrogens with one attached hydrogen (secondary N) is 1. The highest BCUT2D eigenvalue weighted by Crippen LogP contribution is 2.28. The normalized spacial score (nSPS) is 14.0. The van der Waals surface area contributed by atoms with Crippen LogP contribution in [0.1, 0.15) is 39.6 Å². The lowest BCUT2D eigenvalue weighted by molar-refractivity contribution is -0.163. The van der Waals surface area contributed by atoms with Crippen molar-refractivity contribution in [2.75, 3.05) is 19.0 Å². The first-order valence-corrected chi connectivity index (χ1v) is 7.14. The third kappa shape index (κ3) is 5.57. The standard InChI is InChI=1S/C15H23NO7/c1-6-21-13(18)12(20-5)10(17)11-9(7-8-22-11)16-14(19)23-15(2,3)4/h7-8,10,12,17H,6H2,1-5H3,(H,16,19). The zero-order chi connectivity index (χ0) is 17.6. The van der Waals surface area contributed by atoms with Gasteiger partial charge in [-0.05, 0) is 27.7 Å². The second-order valence-corrected chi connectivity index (χ2v) is 5.68. The van der Waals surface area contributed by atoms with Gasteiger partial charge in [0.2, 0.25) is 0 Å². The molecule has 0 bridgehead atoms. The van der Waals surface area contributed by atoms with E-state index in [1.54, 1.807) is 27.7 Å². The second kappa shape index (κ2) is 7.98. The molecule has 8 nitrogen and oxygen atoms in total. The van der Waals surface area contributed by atoms with E-state index in [9.17, 15) is 14.7 Å². The van der Waals surface area contributed by atoms with Crippen molar-refractivity contribution in [1.29, 1.82) is 0 Å². The van der Waals surface area contributed by atoms with Crippen molar-refractivity contribution in [2.24, 2.45) is 0 Å². The van der Waals surface area contributed by atoms with Gasteiger partial charge < -0.3 is 23.7 Å². The lowest BCUT2D eigenvalue weighted by atomic mass is 10.1. The van der Waals surface area contributed by atoms with Crippen LogP contribution in [0.4, 0.5) is 10.5 Å². The molecule has 1 aromatic heterocycles. The highest BCUT2D eigenvalue weighted by atomic mass is 16.6. The maximum atomic E-state index is 11.8. The topological polar surface area (TPSA) is 107 Å². The summed E-state index contributed by atoms with van der Waals surface area (Å²) in [6, 6.07) is 1.43. The molecule has 1 aromatic rings. The fourth-order valence-electron chi connectivity index (χ4n) is 1.78. The SMILES string of the molecule is CCOC(=O)C(OC)C(O)c1occc1NC(=O)OC(C)(C)C. The van der Waals surface area contributed by atoms with Gasteiger partial charge in [0.25, 0.3) is 0 Å². The van der Waals surface area contributed by atoms with Crippen LogP contribution in [-0.4, -0.2) is 42.6 Å². The number of hydrogen-bond acceptors (Lipinski definition) is 7. The van der Waals surface area contributed by atoms with E-state index >= 15 is 0 Å². The van der Waals surface area contributed by atoms with Crippen LogP contribution in [0.2, 0.25) is 0 Å². The molecule has 2 unspecified atom stereocenters. The molecule has 0 saturated heterocycles. The Morgan fingerprint density at radius 1 is 1.39 bits per heavy atom. The third-order valence-corrected chi connectivity index (χ3v) is 2.66. The van der Waals surface area contributed by atoms with Crippen molar-refractivity contribution < 1.29 is 33.3 Å². The van der Waals surface area contributed by atoms with Gasteiger partial charge in [-0.1, -0.05) is 0 Å². The molecule has 130 valence electrons. The number of ether oxygens (including phenoxy) is 3. The Kier molecular flexibility index (Phi) is 6.59. The predicted octanol–water partition coefficient (Wildman–Crippen LogP) is 2.24. The smallest absolute Gasteiger partial charge is 0.412 e. The fourth-order valence-corrected chi connectivity index (χ4v) is 1.78. The molecule has 1 amide bonds. The number of methoxy groups -OCH3 is 1. The molecule has 0 aliphatic carbocycles. The highest BCUT2D eigenvalue weighted by Gasteiger charge is 2.33. The minimum atomic E-state index is -1.45. The monoisotopic (exact) mass is 329 g/mol. The molecule has 1 heterocycles. The van der Waals surface area contributed by atoms with Crippen molar-refractivity contribution in [1.82, 2.24) is 0 Å². The van der Waals surface area contributed by atoms with Gasteiger partial charge in [-0.3, -0.25) is 5.32 Å². The third-order valence-electron chi connectivity index (χ3n) is 2.66. The molecule has 0 spiro atoms. The Hall–Kier alpha value is -2.06. The number of esters is 1. The van der Waals surface area contributed by atoms with Crippen LogP contribution in [0.15, 0.2) is 16.7 Å². The van der Waals surface area contributed by atoms with Crippen LogP contribution in [0.25, 0.3) is 0 Å². The number of aliphatic hydroxyl groups is 1. The molecule has 2 atom stereocenters. The van der Waals surface area contributed by atoms with Crippen LogP contribution in [0.5, 0.6) is 0 Å². The molecule has 0 saturated carbocycles. The van der Waals surface area contributed by atoms with Crippen LogP contribution in [-0.2, 0) is 19.0 Å². The summed E-state index contributed by atoms with van der Waals surface area (Å²) < 4.78 is 20.1. The van der Waals surface area contributed by atoms with Gasteiger partial charge in [0, 0.05) is 13.2 Å².